The topological polar surface area (TPSA) is 77.2 Å². The van der Waals surface area contributed by atoms with E-state index in [1.165, 1.54) is 19.1 Å². The Hall–Kier alpha value is -3.81. The molecule has 1 amide bonds. The third kappa shape index (κ3) is 3.84. The van der Waals surface area contributed by atoms with Crippen LogP contribution in [0.15, 0.2) is 59.3 Å². The van der Waals surface area contributed by atoms with Gasteiger partial charge in [-0.1, -0.05) is 18.2 Å². The maximum Gasteiger partial charge on any atom is 0.399 e. The van der Waals surface area contributed by atoms with Gasteiger partial charge >= 0.3 is 6.08 Å². The first kappa shape index (κ1) is 19.5. The number of hydrogen-bond acceptors (Lipinski definition) is 5. The van der Waals surface area contributed by atoms with Gasteiger partial charge in [-0.2, -0.15) is 4.98 Å². The number of fused-ring (bicyclic) bond motifs is 1. The fourth-order valence-electron chi connectivity index (χ4n) is 2.93. The molecule has 0 radical (unpaired) electrons. The zero-order chi connectivity index (χ0) is 21.3. The van der Waals surface area contributed by atoms with Gasteiger partial charge in [0.25, 0.3) is 5.91 Å². The van der Waals surface area contributed by atoms with Gasteiger partial charge in [-0.3, -0.25) is 9.78 Å². The second kappa shape index (κ2) is 7.90. The number of ether oxygens (including phenoxy) is 1. The number of rotatable bonds is 5. The molecule has 0 bridgehead atoms. The molecule has 4 rings (SSSR count). The quantitative estimate of drug-likeness (QED) is 0.497. The second-order valence-electron chi connectivity index (χ2n) is 6.74. The number of hydrogen-bond donors (Lipinski definition) is 1. The van der Waals surface area contributed by atoms with E-state index in [0.717, 1.165) is 11.6 Å². The average molecular weight is 409 g/mol. The van der Waals surface area contributed by atoms with Gasteiger partial charge in [-0.25, -0.2) is 8.78 Å². The molecule has 0 saturated carbocycles. The molecular weight excluding hydrogens is 392 g/mol. The molecule has 30 heavy (non-hydrogen) atoms. The lowest BCUT2D eigenvalue weighted by atomic mass is 10.1. The maximum atomic E-state index is 13.8. The SMILES string of the molecule is Cc1c(F)cc(C(C)NC(=O)c2coc(Oc3cccc4cccnc34)n2)cc1F. The van der Waals surface area contributed by atoms with Crippen molar-refractivity contribution >= 4 is 16.8 Å². The first-order chi connectivity index (χ1) is 14.4. The molecule has 2 aromatic carbocycles. The van der Waals surface area contributed by atoms with E-state index >= 15 is 0 Å². The Kier molecular flexibility index (Phi) is 5.14. The van der Waals surface area contributed by atoms with Crippen molar-refractivity contribution in [2.45, 2.75) is 19.9 Å². The Morgan fingerprint density at radius 3 is 2.67 bits per heavy atom. The molecule has 0 aliphatic rings. The summed E-state index contributed by atoms with van der Waals surface area (Å²) in [5, 5.41) is 3.51. The lowest BCUT2D eigenvalue weighted by Crippen LogP contribution is -2.27. The van der Waals surface area contributed by atoms with Gasteiger partial charge in [0.1, 0.15) is 23.4 Å². The highest BCUT2D eigenvalue weighted by molar-refractivity contribution is 5.92. The number of pyridine rings is 1. The largest absolute Gasteiger partial charge is 0.416 e. The molecule has 2 heterocycles. The van der Waals surface area contributed by atoms with Gasteiger partial charge in [-0.15, -0.1) is 0 Å². The maximum absolute atomic E-state index is 13.8. The Labute approximate surface area is 170 Å². The summed E-state index contributed by atoms with van der Waals surface area (Å²) < 4.78 is 38.4. The predicted octanol–water partition coefficient (Wildman–Crippen LogP) is 5.09. The molecule has 8 heteroatoms. The monoisotopic (exact) mass is 409 g/mol. The summed E-state index contributed by atoms with van der Waals surface area (Å²) in [5.74, 6) is -1.49. The van der Waals surface area contributed by atoms with Crippen molar-refractivity contribution in [3.63, 3.8) is 0 Å². The summed E-state index contributed by atoms with van der Waals surface area (Å²) in [6, 6.07) is 10.8. The standard InChI is InChI=1S/C22H17F2N3O3/c1-12-16(23)9-15(10-17(12)24)13(2)26-21(28)18-11-29-22(27-18)30-19-7-3-5-14-6-4-8-25-20(14)19/h3-11,13H,1-2H3,(H,26,28). The minimum absolute atomic E-state index is 0.0295. The Bertz CT molecular complexity index is 1210. The van der Waals surface area contributed by atoms with E-state index in [-0.39, 0.29) is 17.3 Å². The Balaban J connectivity index is 1.49. The van der Waals surface area contributed by atoms with Crippen LogP contribution < -0.4 is 10.1 Å². The van der Waals surface area contributed by atoms with Crippen LogP contribution in [0.2, 0.25) is 0 Å². The summed E-state index contributed by atoms with van der Waals surface area (Å²) >= 11 is 0. The van der Waals surface area contributed by atoms with Gasteiger partial charge in [0.15, 0.2) is 11.4 Å². The molecule has 1 N–H and O–H groups in total. The van der Waals surface area contributed by atoms with Crippen LogP contribution in [0.25, 0.3) is 10.9 Å². The molecule has 6 nitrogen and oxygen atoms in total. The van der Waals surface area contributed by atoms with Crippen molar-refractivity contribution in [1.82, 2.24) is 15.3 Å². The second-order valence-corrected chi connectivity index (χ2v) is 6.74. The number of carbonyl (C=O) groups excluding carboxylic acids is 1. The number of nitrogens with one attached hydrogen (secondary N) is 1. The number of oxazole rings is 1. The molecular formula is C22H17F2N3O3. The Morgan fingerprint density at radius 1 is 1.17 bits per heavy atom. The number of benzene rings is 2. The van der Waals surface area contributed by atoms with E-state index in [0.29, 0.717) is 16.8 Å². The van der Waals surface area contributed by atoms with Crippen LogP contribution in [0.5, 0.6) is 11.8 Å². The van der Waals surface area contributed by atoms with E-state index in [1.54, 1.807) is 25.3 Å². The average Bonchev–Trinajstić information content (AvgIpc) is 3.20. The lowest BCUT2D eigenvalue weighted by molar-refractivity contribution is 0.0934. The van der Waals surface area contributed by atoms with Crippen molar-refractivity contribution in [3.8, 4) is 11.8 Å². The molecule has 0 saturated heterocycles. The number of para-hydroxylation sites is 1. The fourth-order valence-corrected chi connectivity index (χ4v) is 2.93. The van der Waals surface area contributed by atoms with E-state index in [2.05, 4.69) is 15.3 Å². The van der Waals surface area contributed by atoms with Gasteiger partial charge < -0.3 is 14.5 Å². The highest BCUT2D eigenvalue weighted by Crippen LogP contribution is 2.28. The highest BCUT2D eigenvalue weighted by atomic mass is 19.1. The highest BCUT2D eigenvalue weighted by Gasteiger charge is 2.19. The molecule has 1 unspecified atom stereocenters. The van der Waals surface area contributed by atoms with Crippen LogP contribution >= 0.6 is 0 Å². The molecule has 0 fully saturated rings. The van der Waals surface area contributed by atoms with Crippen molar-refractivity contribution in [1.29, 1.82) is 0 Å². The summed E-state index contributed by atoms with van der Waals surface area (Å²) in [4.78, 5) is 20.8. The molecule has 0 aliphatic heterocycles. The number of halogens is 2. The van der Waals surface area contributed by atoms with Crippen molar-refractivity contribution in [2.75, 3.05) is 0 Å². The molecule has 1 atom stereocenters. The normalized spacial score (nSPS) is 12.0. The Morgan fingerprint density at radius 2 is 1.90 bits per heavy atom. The minimum atomic E-state index is -0.674. The lowest BCUT2D eigenvalue weighted by Gasteiger charge is -2.14. The van der Waals surface area contributed by atoms with Gasteiger partial charge in [0.05, 0.1) is 6.04 Å². The summed E-state index contributed by atoms with van der Waals surface area (Å²) in [7, 11) is 0. The van der Waals surface area contributed by atoms with Crippen LogP contribution in [0.3, 0.4) is 0 Å². The third-order valence-corrected chi connectivity index (χ3v) is 4.66. The van der Waals surface area contributed by atoms with Crippen molar-refractivity contribution < 1.29 is 22.7 Å². The molecule has 4 aromatic rings. The smallest absolute Gasteiger partial charge is 0.399 e. The minimum Gasteiger partial charge on any atom is -0.416 e. The molecule has 2 aromatic heterocycles. The number of amides is 1. The summed E-state index contributed by atoms with van der Waals surface area (Å²) in [6.07, 6.45) is 2.66. The first-order valence-electron chi connectivity index (χ1n) is 9.16. The van der Waals surface area contributed by atoms with Crippen LogP contribution in [0, 0.1) is 18.6 Å². The van der Waals surface area contributed by atoms with Crippen LogP contribution in [-0.4, -0.2) is 15.9 Å². The first-order valence-corrected chi connectivity index (χ1v) is 9.16. The summed E-state index contributed by atoms with van der Waals surface area (Å²) in [6.45, 7) is 2.96. The van der Waals surface area contributed by atoms with Crippen molar-refractivity contribution in [2.24, 2.45) is 0 Å². The van der Waals surface area contributed by atoms with Crippen molar-refractivity contribution in [3.05, 3.63) is 83.4 Å². The number of aromatic nitrogens is 2. The third-order valence-electron chi connectivity index (χ3n) is 4.66. The zero-order valence-electron chi connectivity index (χ0n) is 16.1. The van der Waals surface area contributed by atoms with E-state index in [1.807, 2.05) is 18.2 Å². The van der Waals surface area contributed by atoms with Crippen LogP contribution in [0.1, 0.15) is 34.6 Å². The fraction of sp³-hybridized carbons (Fsp3) is 0.136. The van der Waals surface area contributed by atoms with Crippen LogP contribution in [-0.2, 0) is 0 Å². The molecule has 0 spiro atoms. The van der Waals surface area contributed by atoms with Gasteiger partial charge in [-0.05, 0) is 43.7 Å². The van der Waals surface area contributed by atoms with Gasteiger partial charge in [0, 0.05) is 17.1 Å². The van der Waals surface area contributed by atoms with Gasteiger partial charge in [0.2, 0.25) is 0 Å². The number of nitrogens with zero attached hydrogens (tertiary/aromatic N) is 2. The van der Waals surface area contributed by atoms with E-state index < -0.39 is 23.6 Å². The molecule has 0 aliphatic carbocycles. The zero-order valence-corrected chi connectivity index (χ0v) is 16.1. The van der Waals surface area contributed by atoms with E-state index in [9.17, 15) is 13.6 Å². The predicted molar refractivity (Wildman–Crippen MR) is 105 cm³/mol. The number of carbonyl (C=O) groups is 1. The molecule has 152 valence electrons. The van der Waals surface area contributed by atoms with E-state index in [4.69, 9.17) is 9.15 Å². The van der Waals surface area contributed by atoms with Crippen LogP contribution in [0.4, 0.5) is 8.78 Å². The summed E-state index contributed by atoms with van der Waals surface area (Å²) in [5.41, 5.74) is 0.823.